The zero-order valence-electron chi connectivity index (χ0n) is 14.1. The van der Waals surface area contributed by atoms with Crippen molar-refractivity contribution in [1.29, 1.82) is 0 Å². The summed E-state index contributed by atoms with van der Waals surface area (Å²) in [6.45, 7) is 15.4. The lowest BCUT2D eigenvalue weighted by Gasteiger charge is -2.37. The van der Waals surface area contributed by atoms with Gasteiger partial charge in [-0.3, -0.25) is 9.69 Å². The first-order valence-electron chi connectivity index (χ1n) is 7.52. The molecule has 124 valence electrons. The molecule has 1 saturated heterocycles. The second kappa shape index (κ2) is 7.09. The van der Waals surface area contributed by atoms with Crippen molar-refractivity contribution >= 4 is 12.4 Å². The monoisotopic (exact) mass is 309 g/mol. The molecule has 5 heteroatoms. The molecule has 0 saturated carbocycles. The van der Waals surface area contributed by atoms with E-state index in [1.54, 1.807) is 11.0 Å². The number of hydrogen-bond acceptors (Lipinski definition) is 4. The summed E-state index contributed by atoms with van der Waals surface area (Å²) in [5, 5.41) is 0. The average Bonchev–Trinajstić information content (AvgIpc) is 2.64. The topological polar surface area (TPSA) is 55.8 Å². The van der Waals surface area contributed by atoms with Gasteiger partial charge in [-0.05, 0) is 40.5 Å². The second-order valence-corrected chi connectivity index (χ2v) is 6.72. The highest BCUT2D eigenvalue weighted by molar-refractivity contribution is 5.73. The number of carbonyl (C=O) groups excluding carboxylic acids is 2. The summed E-state index contributed by atoms with van der Waals surface area (Å²) in [6, 6.07) is 0. The highest BCUT2D eigenvalue weighted by Crippen LogP contribution is 2.35. The Bertz CT molecular complexity index is 438. The Labute approximate surface area is 133 Å². The molecule has 1 atom stereocenters. The van der Waals surface area contributed by atoms with E-state index in [0.29, 0.717) is 19.3 Å². The molecule has 1 fully saturated rings. The molecule has 0 aromatic heterocycles. The minimum atomic E-state index is -0.822. The number of rotatable bonds is 7. The van der Waals surface area contributed by atoms with Crippen LogP contribution in [0.1, 0.15) is 47.0 Å². The Balaban J connectivity index is 2.70. The van der Waals surface area contributed by atoms with E-state index in [1.807, 2.05) is 27.7 Å². The van der Waals surface area contributed by atoms with Crippen LogP contribution in [0.4, 0.5) is 4.79 Å². The van der Waals surface area contributed by atoms with Gasteiger partial charge in [0.05, 0.1) is 12.1 Å². The van der Waals surface area contributed by atoms with Crippen molar-refractivity contribution in [2.45, 2.75) is 64.3 Å². The number of carbonyl (C=O) groups is 2. The lowest BCUT2D eigenvalue weighted by atomic mass is 10.0. The van der Waals surface area contributed by atoms with E-state index in [-0.39, 0.29) is 0 Å². The van der Waals surface area contributed by atoms with E-state index < -0.39 is 23.5 Å². The van der Waals surface area contributed by atoms with Crippen LogP contribution in [0.15, 0.2) is 24.8 Å². The summed E-state index contributed by atoms with van der Waals surface area (Å²) in [6.07, 6.45) is 2.93. The molecule has 1 aliphatic heterocycles. The van der Waals surface area contributed by atoms with Gasteiger partial charge in [0, 0.05) is 6.42 Å². The molecule has 0 aromatic carbocycles. The van der Waals surface area contributed by atoms with Crippen LogP contribution in [-0.4, -0.2) is 41.3 Å². The van der Waals surface area contributed by atoms with Gasteiger partial charge in [0.2, 0.25) is 0 Å². The minimum Gasteiger partial charge on any atom is -0.438 e. The molecule has 1 rings (SSSR count). The molecule has 0 N–H and O–H groups in total. The zero-order chi connectivity index (χ0) is 17.0. The fourth-order valence-corrected chi connectivity index (χ4v) is 2.67. The van der Waals surface area contributed by atoms with Crippen LogP contribution in [-0.2, 0) is 14.3 Å². The van der Waals surface area contributed by atoms with E-state index >= 15 is 0 Å². The van der Waals surface area contributed by atoms with Crippen LogP contribution in [0.2, 0.25) is 0 Å². The molecule has 22 heavy (non-hydrogen) atoms. The quantitative estimate of drug-likeness (QED) is 0.534. The summed E-state index contributed by atoms with van der Waals surface area (Å²) in [5.41, 5.74) is -0.372. The van der Waals surface area contributed by atoms with Gasteiger partial charge in [-0.25, -0.2) is 4.79 Å². The van der Waals surface area contributed by atoms with Gasteiger partial charge >= 0.3 is 6.09 Å². The van der Waals surface area contributed by atoms with Gasteiger partial charge in [0.25, 0.3) is 0 Å². The largest absolute Gasteiger partial charge is 0.438 e. The maximum atomic E-state index is 12.5. The van der Waals surface area contributed by atoms with Crippen LogP contribution in [0.5, 0.6) is 0 Å². The maximum Gasteiger partial charge on any atom is 0.413 e. The number of hydrogen-bond donors (Lipinski definition) is 0. The van der Waals surface area contributed by atoms with Crippen molar-refractivity contribution in [3.63, 3.8) is 0 Å². The molecule has 0 bridgehead atoms. The standard InChI is InChI=1S/C17H27NO4/c1-7-8-9-13(2)10-14(11-19)22-15(20)18-16(3,4)12-21-17(18,5)6/h7,11,14H,1-2,8-10,12H2,3-6H3/t14-/m1/s1. The van der Waals surface area contributed by atoms with E-state index in [1.165, 1.54) is 0 Å². The van der Waals surface area contributed by atoms with Crippen LogP contribution in [0.3, 0.4) is 0 Å². The highest BCUT2D eigenvalue weighted by atomic mass is 16.6. The smallest absolute Gasteiger partial charge is 0.413 e. The first kappa shape index (κ1) is 18.4. The third kappa shape index (κ3) is 4.44. The van der Waals surface area contributed by atoms with Crippen molar-refractivity contribution < 1.29 is 19.1 Å². The molecule has 0 aromatic rings. The highest BCUT2D eigenvalue weighted by Gasteiger charge is 2.50. The van der Waals surface area contributed by atoms with Crippen LogP contribution in [0, 0.1) is 0 Å². The Kier molecular flexibility index (Phi) is 5.94. The van der Waals surface area contributed by atoms with Gasteiger partial charge < -0.3 is 9.47 Å². The molecule has 0 spiro atoms. The number of amides is 1. The maximum absolute atomic E-state index is 12.5. The molecule has 5 nitrogen and oxygen atoms in total. The normalized spacial score (nSPS) is 20.3. The predicted octanol–water partition coefficient (Wildman–Crippen LogP) is 3.45. The third-order valence-corrected chi connectivity index (χ3v) is 3.70. The van der Waals surface area contributed by atoms with E-state index in [9.17, 15) is 9.59 Å². The molecular weight excluding hydrogens is 282 g/mol. The number of allylic oxidation sites excluding steroid dienone is 1. The van der Waals surface area contributed by atoms with Crippen molar-refractivity contribution in [3.05, 3.63) is 24.8 Å². The second-order valence-electron chi connectivity index (χ2n) is 6.72. The fourth-order valence-electron chi connectivity index (χ4n) is 2.67. The van der Waals surface area contributed by atoms with Crippen molar-refractivity contribution in [1.82, 2.24) is 4.90 Å². The molecular formula is C17H27NO4. The molecule has 0 aliphatic carbocycles. The Morgan fingerprint density at radius 1 is 1.41 bits per heavy atom. The van der Waals surface area contributed by atoms with Gasteiger partial charge in [-0.1, -0.05) is 18.2 Å². The number of nitrogens with zero attached hydrogens (tertiary/aromatic N) is 1. The summed E-state index contributed by atoms with van der Waals surface area (Å²) < 4.78 is 11.0. The summed E-state index contributed by atoms with van der Waals surface area (Å²) in [5.74, 6) is 0. The minimum absolute atomic E-state index is 0.332. The Morgan fingerprint density at radius 3 is 2.50 bits per heavy atom. The Hall–Kier alpha value is -1.62. The van der Waals surface area contributed by atoms with Crippen LogP contribution in [0.25, 0.3) is 0 Å². The van der Waals surface area contributed by atoms with Gasteiger partial charge in [-0.2, -0.15) is 0 Å². The van der Waals surface area contributed by atoms with Crippen LogP contribution >= 0.6 is 0 Å². The number of aldehydes is 1. The molecule has 1 amide bonds. The summed E-state index contributed by atoms with van der Waals surface area (Å²) in [4.78, 5) is 25.2. The zero-order valence-corrected chi connectivity index (χ0v) is 14.1. The molecule has 0 radical (unpaired) electrons. The first-order chi connectivity index (χ1) is 10.1. The lowest BCUT2D eigenvalue weighted by Crippen LogP contribution is -2.53. The van der Waals surface area contributed by atoms with Crippen molar-refractivity contribution in [2.75, 3.05) is 6.61 Å². The van der Waals surface area contributed by atoms with E-state index in [4.69, 9.17) is 9.47 Å². The van der Waals surface area contributed by atoms with Gasteiger partial charge in [0.1, 0.15) is 5.72 Å². The average molecular weight is 309 g/mol. The van der Waals surface area contributed by atoms with Gasteiger partial charge in [0.15, 0.2) is 12.4 Å². The Morgan fingerprint density at radius 2 is 2.05 bits per heavy atom. The van der Waals surface area contributed by atoms with Crippen LogP contribution < -0.4 is 0 Å². The molecule has 1 heterocycles. The van der Waals surface area contributed by atoms with Gasteiger partial charge in [-0.15, -0.1) is 6.58 Å². The van der Waals surface area contributed by atoms with Crippen molar-refractivity contribution in [3.8, 4) is 0 Å². The molecule has 0 unspecified atom stereocenters. The summed E-state index contributed by atoms with van der Waals surface area (Å²) >= 11 is 0. The predicted molar refractivity (Wildman–Crippen MR) is 85.5 cm³/mol. The number of ether oxygens (including phenoxy) is 2. The third-order valence-electron chi connectivity index (χ3n) is 3.70. The van der Waals surface area contributed by atoms with E-state index in [2.05, 4.69) is 13.2 Å². The lowest BCUT2D eigenvalue weighted by molar-refractivity contribution is -0.117. The molecule has 1 aliphatic rings. The van der Waals surface area contributed by atoms with Crippen molar-refractivity contribution in [2.24, 2.45) is 0 Å². The van der Waals surface area contributed by atoms with E-state index in [0.717, 1.165) is 18.4 Å². The summed E-state index contributed by atoms with van der Waals surface area (Å²) in [7, 11) is 0. The SMILES string of the molecule is C=CCCC(=C)C[C@H](C=O)OC(=O)N1C(C)(C)COC1(C)C. The fraction of sp³-hybridized carbons (Fsp3) is 0.647. The first-order valence-corrected chi connectivity index (χ1v) is 7.52.